The lowest BCUT2D eigenvalue weighted by Gasteiger charge is -2.24. The van der Waals surface area contributed by atoms with Crippen LogP contribution in [0.2, 0.25) is 0 Å². The SMILES string of the molecule is O=C(O)OC1(c2csc(C(F)(F)F)n2)NCCO1. The Morgan fingerprint density at radius 1 is 1.67 bits per heavy atom. The minimum Gasteiger partial charge on any atom is -0.450 e. The molecule has 0 bridgehead atoms. The molecule has 1 aromatic heterocycles. The molecule has 0 aromatic carbocycles. The van der Waals surface area contributed by atoms with Gasteiger partial charge in [-0.3, -0.25) is 0 Å². The Morgan fingerprint density at radius 3 is 2.83 bits per heavy atom. The first-order valence-corrected chi connectivity index (χ1v) is 5.55. The third-order valence-corrected chi connectivity index (χ3v) is 2.97. The molecule has 1 unspecified atom stereocenters. The van der Waals surface area contributed by atoms with E-state index in [0.29, 0.717) is 11.3 Å². The Balaban J connectivity index is 2.32. The minimum absolute atomic E-state index is 0.103. The first-order valence-electron chi connectivity index (χ1n) is 4.67. The van der Waals surface area contributed by atoms with Gasteiger partial charge in [0.25, 0.3) is 0 Å². The van der Waals surface area contributed by atoms with Crippen LogP contribution >= 0.6 is 11.3 Å². The number of carboxylic acid groups (broad SMARTS) is 1. The van der Waals surface area contributed by atoms with Gasteiger partial charge in [-0.1, -0.05) is 0 Å². The van der Waals surface area contributed by atoms with Crippen molar-refractivity contribution in [2.24, 2.45) is 0 Å². The first-order chi connectivity index (χ1) is 8.33. The van der Waals surface area contributed by atoms with Crippen LogP contribution in [0.15, 0.2) is 5.38 Å². The van der Waals surface area contributed by atoms with Gasteiger partial charge in [0, 0.05) is 11.9 Å². The Kier molecular flexibility index (Phi) is 3.17. The highest BCUT2D eigenvalue weighted by Gasteiger charge is 2.46. The maximum absolute atomic E-state index is 12.4. The molecule has 6 nitrogen and oxygen atoms in total. The van der Waals surface area contributed by atoms with Crippen molar-refractivity contribution in [2.75, 3.05) is 13.2 Å². The number of rotatable bonds is 2. The molecule has 2 heterocycles. The van der Waals surface area contributed by atoms with Crippen LogP contribution in [0.4, 0.5) is 18.0 Å². The topological polar surface area (TPSA) is 80.7 Å². The van der Waals surface area contributed by atoms with Crippen molar-refractivity contribution < 1.29 is 32.5 Å². The van der Waals surface area contributed by atoms with Crippen molar-refractivity contribution in [1.82, 2.24) is 10.3 Å². The number of hydrogen-bond acceptors (Lipinski definition) is 6. The standard InChI is InChI=1S/C8H7F3N2O4S/c9-7(10,11)5-13-4(3-18-5)8(17-6(14)15)12-1-2-16-8/h3,12H,1-2H2,(H,14,15). The molecule has 0 saturated carbocycles. The van der Waals surface area contributed by atoms with Crippen LogP contribution in [-0.4, -0.2) is 29.4 Å². The summed E-state index contributed by atoms with van der Waals surface area (Å²) in [6.45, 7) is 0.346. The number of carbonyl (C=O) groups is 1. The molecule has 1 atom stereocenters. The fraction of sp³-hybridized carbons (Fsp3) is 0.500. The number of nitrogens with one attached hydrogen (secondary N) is 1. The molecule has 0 amide bonds. The van der Waals surface area contributed by atoms with E-state index in [2.05, 4.69) is 15.0 Å². The van der Waals surface area contributed by atoms with Crippen LogP contribution < -0.4 is 5.32 Å². The maximum Gasteiger partial charge on any atom is 0.509 e. The van der Waals surface area contributed by atoms with E-state index >= 15 is 0 Å². The Hall–Kier alpha value is -1.39. The van der Waals surface area contributed by atoms with Gasteiger partial charge in [0.15, 0.2) is 5.01 Å². The lowest BCUT2D eigenvalue weighted by atomic mass is 10.3. The molecule has 2 N–H and O–H groups in total. The van der Waals surface area contributed by atoms with Crippen molar-refractivity contribution in [3.05, 3.63) is 16.1 Å². The van der Waals surface area contributed by atoms with Crippen molar-refractivity contribution in [2.45, 2.75) is 12.1 Å². The number of nitrogens with zero attached hydrogens (tertiary/aromatic N) is 1. The maximum atomic E-state index is 12.4. The average molecular weight is 284 g/mol. The predicted octanol–water partition coefficient (Wildman–Crippen LogP) is 1.59. The van der Waals surface area contributed by atoms with E-state index in [4.69, 9.17) is 9.84 Å². The smallest absolute Gasteiger partial charge is 0.450 e. The van der Waals surface area contributed by atoms with Gasteiger partial charge in [0.1, 0.15) is 5.69 Å². The number of aromatic nitrogens is 1. The molecule has 2 rings (SSSR count). The Bertz CT molecular complexity index is 455. The van der Waals surface area contributed by atoms with Gasteiger partial charge < -0.3 is 14.6 Å². The molecule has 1 aliphatic rings. The summed E-state index contributed by atoms with van der Waals surface area (Å²) in [7, 11) is 0. The van der Waals surface area contributed by atoms with E-state index in [-0.39, 0.29) is 18.8 Å². The summed E-state index contributed by atoms with van der Waals surface area (Å²) >= 11 is 0.340. The second-order valence-corrected chi connectivity index (χ2v) is 4.15. The lowest BCUT2D eigenvalue weighted by Crippen LogP contribution is -2.42. The molecule has 10 heteroatoms. The zero-order valence-electron chi connectivity index (χ0n) is 8.65. The molecular weight excluding hydrogens is 277 g/mol. The Morgan fingerprint density at radius 2 is 2.39 bits per heavy atom. The van der Waals surface area contributed by atoms with Gasteiger partial charge in [0.05, 0.1) is 6.61 Å². The predicted molar refractivity (Wildman–Crippen MR) is 51.9 cm³/mol. The van der Waals surface area contributed by atoms with Gasteiger partial charge in [-0.25, -0.2) is 15.1 Å². The van der Waals surface area contributed by atoms with Crippen LogP contribution in [0.25, 0.3) is 0 Å². The number of ether oxygens (including phenoxy) is 2. The van der Waals surface area contributed by atoms with Crippen molar-refractivity contribution in [3.63, 3.8) is 0 Å². The monoisotopic (exact) mass is 284 g/mol. The summed E-state index contributed by atoms with van der Waals surface area (Å²) < 4.78 is 46.7. The highest BCUT2D eigenvalue weighted by atomic mass is 32.1. The number of hydrogen-bond donors (Lipinski definition) is 2. The van der Waals surface area contributed by atoms with Crippen LogP contribution in [-0.2, 0) is 21.6 Å². The zero-order chi connectivity index (χ0) is 13.4. The third kappa shape index (κ3) is 2.40. The number of halogens is 3. The lowest BCUT2D eigenvalue weighted by molar-refractivity contribution is -0.206. The van der Waals surface area contributed by atoms with E-state index in [1.54, 1.807) is 0 Å². The first kappa shape index (κ1) is 13.1. The minimum atomic E-state index is -4.59. The molecule has 1 aliphatic heterocycles. The Labute approximate surface area is 102 Å². The quantitative estimate of drug-likeness (QED) is 0.803. The average Bonchev–Trinajstić information content (AvgIpc) is 2.82. The largest absolute Gasteiger partial charge is 0.509 e. The third-order valence-electron chi connectivity index (χ3n) is 2.08. The molecule has 18 heavy (non-hydrogen) atoms. The summed E-state index contributed by atoms with van der Waals surface area (Å²) in [6.07, 6.45) is -6.27. The molecule has 1 fully saturated rings. The van der Waals surface area contributed by atoms with Crippen molar-refractivity contribution in [3.8, 4) is 0 Å². The normalized spacial score (nSPS) is 24.2. The highest BCUT2D eigenvalue weighted by molar-refractivity contribution is 7.09. The van der Waals surface area contributed by atoms with Gasteiger partial charge in [-0.15, -0.1) is 11.3 Å². The molecule has 0 aliphatic carbocycles. The molecular formula is C8H7F3N2O4S. The second-order valence-electron chi connectivity index (χ2n) is 3.30. The molecule has 1 saturated heterocycles. The van der Waals surface area contributed by atoms with E-state index in [9.17, 15) is 18.0 Å². The molecule has 0 radical (unpaired) electrons. The van der Waals surface area contributed by atoms with Crippen LogP contribution in [0.1, 0.15) is 10.7 Å². The highest BCUT2D eigenvalue weighted by Crippen LogP contribution is 2.35. The van der Waals surface area contributed by atoms with Gasteiger partial charge in [0.2, 0.25) is 0 Å². The van der Waals surface area contributed by atoms with E-state index in [0.717, 1.165) is 5.38 Å². The zero-order valence-corrected chi connectivity index (χ0v) is 9.47. The summed E-state index contributed by atoms with van der Waals surface area (Å²) in [5.41, 5.74) is -0.264. The molecule has 0 spiro atoms. The van der Waals surface area contributed by atoms with E-state index < -0.39 is 23.3 Å². The van der Waals surface area contributed by atoms with E-state index in [1.165, 1.54) is 0 Å². The van der Waals surface area contributed by atoms with E-state index in [1.807, 2.05) is 0 Å². The summed E-state index contributed by atoms with van der Waals surface area (Å²) in [5, 5.41) is 11.1. The second kappa shape index (κ2) is 4.37. The molecule has 100 valence electrons. The summed E-state index contributed by atoms with van der Waals surface area (Å²) in [4.78, 5) is 13.9. The molecule has 1 aromatic rings. The van der Waals surface area contributed by atoms with Crippen molar-refractivity contribution >= 4 is 17.5 Å². The fourth-order valence-corrected chi connectivity index (χ4v) is 2.14. The van der Waals surface area contributed by atoms with Crippen LogP contribution in [0.3, 0.4) is 0 Å². The van der Waals surface area contributed by atoms with Crippen molar-refractivity contribution in [1.29, 1.82) is 0 Å². The van der Waals surface area contributed by atoms with Gasteiger partial charge >= 0.3 is 18.2 Å². The summed E-state index contributed by atoms with van der Waals surface area (Å²) in [5.74, 6) is -1.95. The van der Waals surface area contributed by atoms with Crippen LogP contribution in [0.5, 0.6) is 0 Å². The van der Waals surface area contributed by atoms with Crippen LogP contribution in [0, 0.1) is 0 Å². The van der Waals surface area contributed by atoms with Gasteiger partial charge in [-0.05, 0) is 0 Å². The number of thiazole rings is 1. The van der Waals surface area contributed by atoms with Gasteiger partial charge in [-0.2, -0.15) is 13.2 Å². The fourth-order valence-electron chi connectivity index (χ4n) is 1.42. The summed E-state index contributed by atoms with van der Waals surface area (Å²) in [6, 6.07) is 0. The number of alkyl halides is 3.